The number of nitrogens with zero attached hydrogens (tertiary/aromatic N) is 5. The molecule has 0 amide bonds. The van der Waals surface area contributed by atoms with Crippen LogP contribution in [0.15, 0.2) is 24.8 Å². The summed E-state index contributed by atoms with van der Waals surface area (Å²) in [6.07, 6.45) is 8.25. The molecule has 0 saturated heterocycles. The first-order valence-corrected chi connectivity index (χ1v) is 5.90. The van der Waals surface area contributed by atoms with Gasteiger partial charge < -0.3 is 15.2 Å². The Labute approximate surface area is 106 Å². The Hall–Kier alpha value is -1.95. The van der Waals surface area contributed by atoms with Crippen molar-refractivity contribution in [2.45, 2.75) is 13.0 Å². The first kappa shape index (κ1) is 12.5. The predicted molar refractivity (Wildman–Crippen MR) is 70.8 cm³/mol. The smallest absolute Gasteiger partial charge is 0.219 e. The van der Waals surface area contributed by atoms with E-state index >= 15 is 0 Å². The van der Waals surface area contributed by atoms with Gasteiger partial charge in [-0.25, -0.2) is 15.0 Å². The van der Waals surface area contributed by atoms with E-state index in [1.54, 1.807) is 18.6 Å². The first-order valence-electron chi connectivity index (χ1n) is 5.90. The lowest BCUT2D eigenvalue weighted by Gasteiger charge is -2.11. The molecule has 2 rings (SSSR count). The number of hydrogen-bond acceptors (Lipinski definition) is 5. The van der Waals surface area contributed by atoms with Crippen molar-refractivity contribution in [3.05, 3.63) is 24.8 Å². The molecule has 0 fully saturated rings. The van der Waals surface area contributed by atoms with Crippen LogP contribution < -0.4 is 5.73 Å². The Balaban J connectivity index is 2.10. The van der Waals surface area contributed by atoms with Crippen molar-refractivity contribution >= 4 is 5.95 Å². The van der Waals surface area contributed by atoms with E-state index < -0.39 is 0 Å². The lowest BCUT2D eigenvalue weighted by molar-refractivity contribution is 0.387. The Bertz CT molecular complexity index is 488. The topological polar surface area (TPSA) is 72.9 Å². The zero-order valence-corrected chi connectivity index (χ0v) is 10.7. The number of imidazole rings is 1. The number of nitrogens with two attached hydrogens (primary N) is 1. The molecule has 18 heavy (non-hydrogen) atoms. The summed E-state index contributed by atoms with van der Waals surface area (Å²) in [5.41, 5.74) is 6.36. The van der Waals surface area contributed by atoms with Gasteiger partial charge in [-0.2, -0.15) is 0 Å². The highest BCUT2D eigenvalue weighted by atomic mass is 15.1. The molecule has 2 aromatic heterocycles. The third-order valence-corrected chi connectivity index (χ3v) is 2.65. The van der Waals surface area contributed by atoms with Gasteiger partial charge in [0, 0.05) is 31.3 Å². The van der Waals surface area contributed by atoms with Gasteiger partial charge in [0.2, 0.25) is 5.95 Å². The second-order valence-corrected chi connectivity index (χ2v) is 4.43. The maximum Gasteiger partial charge on any atom is 0.219 e. The van der Waals surface area contributed by atoms with Crippen LogP contribution >= 0.6 is 0 Å². The van der Waals surface area contributed by atoms with Crippen molar-refractivity contribution in [1.82, 2.24) is 24.4 Å². The van der Waals surface area contributed by atoms with Crippen LogP contribution in [0.5, 0.6) is 0 Å². The van der Waals surface area contributed by atoms with Gasteiger partial charge in [-0.3, -0.25) is 0 Å². The molecular weight excluding hydrogens is 228 g/mol. The summed E-state index contributed by atoms with van der Waals surface area (Å²) < 4.78 is 2.11. The SMILES string of the molecule is CN(C)CCCn1ccnc1-c1cnc(N)nc1. The van der Waals surface area contributed by atoms with Crippen molar-refractivity contribution < 1.29 is 0 Å². The molecule has 0 aliphatic heterocycles. The minimum atomic E-state index is 0.282. The van der Waals surface area contributed by atoms with Gasteiger partial charge in [-0.1, -0.05) is 0 Å². The van der Waals surface area contributed by atoms with Crippen molar-refractivity contribution in [3.63, 3.8) is 0 Å². The minimum absolute atomic E-state index is 0.282. The second kappa shape index (κ2) is 5.59. The fourth-order valence-corrected chi connectivity index (χ4v) is 1.76. The van der Waals surface area contributed by atoms with E-state index in [-0.39, 0.29) is 5.95 Å². The van der Waals surface area contributed by atoms with E-state index in [1.807, 2.05) is 6.20 Å². The standard InChI is InChI=1S/C12H18N6/c1-17(2)5-3-6-18-7-4-14-11(18)10-8-15-12(13)16-9-10/h4,7-9H,3,5-6H2,1-2H3,(H2,13,15,16). The molecule has 6 heteroatoms. The number of anilines is 1. The average Bonchev–Trinajstić information content (AvgIpc) is 2.78. The van der Waals surface area contributed by atoms with Crippen LogP contribution in [-0.4, -0.2) is 45.1 Å². The van der Waals surface area contributed by atoms with Gasteiger partial charge in [0.05, 0.1) is 5.56 Å². The second-order valence-electron chi connectivity index (χ2n) is 4.43. The van der Waals surface area contributed by atoms with Crippen LogP contribution in [0.2, 0.25) is 0 Å². The minimum Gasteiger partial charge on any atom is -0.368 e. The van der Waals surface area contributed by atoms with E-state index in [4.69, 9.17) is 5.73 Å². The highest BCUT2D eigenvalue weighted by Gasteiger charge is 2.06. The molecule has 6 nitrogen and oxygen atoms in total. The average molecular weight is 246 g/mol. The number of aromatic nitrogens is 4. The molecule has 0 aliphatic carbocycles. The van der Waals surface area contributed by atoms with Crippen molar-refractivity contribution in [2.24, 2.45) is 0 Å². The molecule has 0 spiro atoms. The molecule has 0 aromatic carbocycles. The molecule has 0 bridgehead atoms. The maximum absolute atomic E-state index is 5.48. The molecule has 0 radical (unpaired) electrons. The van der Waals surface area contributed by atoms with Gasteiger partial charge in [-0.15, -0.1) is 0 Å². The Morgan fingerprint density at radius 2 is 1.94 bits per heavy atom. The van der Waals surface area contributed by atoms with E-state index in [0.29, 0.717) is 0 Å². The van der Waals surface area contributed by atoms with Crippen LogP contribution in [0.25, 0.3) is 11.4 Å². The Morgan fingerprint density at radius 3 is 2.61 bits per heavy atom. The number of rotatable bonds is 5. The van der Waals surface area contributed by atoms with E-state index in [0.717, 1.165) is 30.9 Å². The fourth-order valence-electron chi connectivity index (χ4n) is 1.76. The molecular formula is C12H18N6. The largest absolute Gasteiger partial charge is 0.368 e. The van der Waals surface area contributed by atoms with Crippen LogP contribution in [0, 0.1) is 0 Å². The summed E-state index contributed by atoms with van der Waals surface area (Å²) in [6, 6.07) is 0. The lowest BCUT2D eigenvalue weighted by Crippen LogP contribution is -2.15. The predicted octanol–water partition coefficient (Wildman–Crippen LogP) is 0.874. The number of aryl methyl sites for hydroxylation is 1. The zero-order valence-electron chi connectivity index (χ0n) is 10.7. The summed E-state index contributed by atoms with van der Waals surface area (Å²) in [4.78, 5) is 14.5. The summed E-state index contributed by atoms with van der Waals surface area (Å²) in [5, 5.41) is 0. The van der Waals surface area contributed by atoms with Crippen molar-refractivity contribution in [2.75, 3.05) is 26.4 Å². The Kier molecular flexibility index (Phi) is 3.88. The third-order valence-electron chi connectivity index (χ3n) is 2.65. The third kappa shape index (κ3) is 3.04. The van der Waals surface area contributed by atoms with Gasteiger partial charge in [-0.05, 0) is 27.1 Å². The van der Waals surface area contributed by atoms with Crippen LogP contribution in [0.1, 0.15) is 6.42 Å². The monoisotopic (exact) mass is 246 g/mol. The molecule has 0 saturated carbocycles. The van der Waals surface area contributed by atoms with Gasteiger partial charge in [0.25, 0.3) is 0 Å². The normalized spacial score (nSPS) is 11.1. The van der Waals surface area contributed by atoms with E-state index in [2.05, 4.69) is 38.5 Å². The lowest BCUT2D eigenvalue weighted by atomic mass is 10.3. The first-order chi connectivity index (χ1) is 8.66. The molecule has 96 valence electrons. The van der Waals surface area contributed by atoms with Crippen LogP contribution in [-0.2, 0) is 6.54 Å². The summed E-state index contributed by atoms with van der Waals surface area (Å²) in [5.74, 6) is 1.17. The highest BCUT2D eigenvalue weighted by Crippen LogP contribution is 2.15. The fraction of sp³-hybridized carbons (Fsp3) is 0.417. The van der Waals surface area contributed by atoms with Crippen molar-refractivity contribution in [1.29, 1.82) is 0 Å². The molecule has 2 aromatic rings. The number of hydrogen-bond donors (Lipinski definition) is 1. The quantitative estimate of drug-likeness (QED) is 0.847. The van der Waals surface area contributed by atoms with Gasteiger partial charge in [0.1, 0.15) is 5.82 Å². The molecule has 2 N–H and O–H groups in total. The number of nitrogen functional groups attached to an aromatic ring is 1. The summed E-state index contributed by atoms with van der Waals surface area (Å²) >= 11 is 0. The summed E-state index contributed by atoms with van der Waals surface area (Å²) in [6.45, 7) is 1.98. The van der Waals surface area contributed by atoms with Gasteiger partial charge in [0.15, 0.2) is 0 Å². The van der Waals surface area contributed by atoms with Crippen LogP contribution in [0.4, 0.5) is 5.95 Å². The van der Waals surface area contributed by atoms with E-state index in [9.17, 15) is 0 Å². The molecule has 2 heterocycles. The molecule has 0 unspecified atom stereocenters. The zero-order chi connectivity index (χ0) is 13.0. The Morgan fingerprint density at radius 1 is 1.22 bits per heavy atom. The van der Waals surface area contributed by atoms with Crippen LogP contribution in [0.3, 0.4) is 0 Å². The highest BCUT2D eigenvalue weighted by molar-refractivity contribution is 5.53. The van der Waals surface area contributed by atoms with Gasteiger partial charge >= 0.3 is 0 Å². The van der Waals surface area contributed by atoms with Crippen molar-refractivity contribution in [3.8, 4) is 11.4 Å². The van der Waals surface area contributed by atoms with E-state index in [1.165, 1.54) is 0 Å². The molecule has 0 aliphatic rings. The maximum atomic E-state index is 5.48. The molecule has 0 atom stereocenters. The summed E-state index contributed by atoms with van der Waals surface area (Å²) in [7, 11) is 4.14.